The molecule has 8 heteroatoms. The number of fused-ring (bicyclic) bond motifs is 1. The molecule has 0 spiro atoms. The fourth-order valence-electron chi connectivity index (χ4n) is 2.90. The molecule has 0 radical (unpaired) electrons. The van der Waals surface area contributed by atoms with Gasteiger partial charge in [-0.05, 0) is 37.1 Å². The van der Waals surface area contributed by atoms with Crippen LogP contribution in [0.5, 0.6) is 11.5 Å². The van der Waals surface area contributed by atoms with Crippen LogP contribution in [-0.2, 0) is 9.59 Å². The summed E-state index contributed by atoms with van der Waals surface area (Å²) in [6.45, 7) is 0.861. The lowest BCUT2D eigenvalue weighted by Crippen LogP contribution is -2.36. The van der Waals surface area contributed by atoms with Crippen molar-refractivity contribution in [2.75, 3.05) is 23.8 Å². The monoisotopic (exact) mass is 374 g/mol. The first-order chi connectivity index (χ1) is 13.0. The molecule has 1 aliphatic carbocycles. The van der Waals surface area contributed by atoms with Crippen LogP contribution in [0, 0.1) is 17.0 Å². The Balaban J connectivity index is 1.49. The Morgan fingerprint density at radius 1 is 0.889 bits per heavy atom. The highest BCUT2D eigenvalue weighted by atomic mass is 19.1. The highest BCUT2D eigenvalue weighted by Gasteiger charge is 2.56. The van der Waals surface area contributed by atoms with E-state index in [2.05, 4.69) is 10.6 Å². The molecule has 140 valence electrons. The summed E-state index contributed by atoms with van der Waals surface area (Å²) in [5, 5.41) is 4.87. The van der Waals surface area contributed by atoms with Gasteiger partial charge in [0.05, 0.1) is 0 Å². The van der Waals surface area contributed by atoms with E-state index in [1.807, 2.05) is 0 Å². The number of benzene rings is 2. The minimum Gasteiger partial charge on any atom is -0.486 e. The van der Waals surface area contributed by atoms with Crippen molar-refractivity contribution in [3.63, 3.8) is 0 Å². The SMILES string of the molecule is O=C(Nc1ccc2c(c1)OCCO2)C1(C(=O)Nc2c(F)cccc2F)CC1. The summed E-state index contributed by atoms with van der Waals surface area (Å²) in [6.07, 6.45) is 0.594. The Hall–Kier alpha value is -3.16. The molecule has 2 aliphatic rings. The molecule has 0 bridgehead atoms. The molecule has 2 N–H and O–H groups in total. The van der Waals surface area contributed by atoms with E-state index < -0.39 is 34.6 Å². The second kappa shape index (κ2) is 6.53. The summed E-state index contributed by atoms with van der Waals surface area (Å²) >= 11 is 0. The molecule has 1 saturated carbocycles. The third-order valence-corrected chi connectivity index (χ3v) is 4.62. The number of ether oxygens (including phenoxy) is 2. The van der Waals surface area contributed by atoms with Crippen molar-refractivity contribution in [2.45, 2.75) is 12.8 Å². The number of halogens is 2. The largest absolute Gasteiger partial charge is 0.486 e. The summed E-state index contributed by atoms with van der Waals surface area (Å²) in [6, 6.07) is 8.17. The van der Waals surface area contributed by atoms with Crippen LogP contribution in [0.25, 0.3) is 0 Å². The molecular formula is C19H16F2N2O4. The van der Waals surface area contributed by atoms with Gasteiger partial charge < -0.3 is 20.1 Å². The lowest BCUT2D eigenvalue weighted by atomic mass is 10.0. The van der Waals surface area contributed by atoms with Crippen molar-refractivity contribution in [3.05, 3.63) is 48.0 Å². The van der Waals surface area contributed by atoms with E-state index in [-0.39, 0.29) is 0 Å². The van der Waals surface area contributed by atoms with Gasteiger partial charge >= 0.3 is 0 Å². The first kappa shape index (κ1) is 17.3. The van der Waals surface area contributed by atoms with Gasteiger partial charge in [0.15, 0.2) is 11.5 Å². The van der Waals surface area contributed by atoms with Crippen molar-refractivity contribution in [3.8, 4) is 11.5 Å². The summed E-state index contributed by atoms with van der Waals surface area (Å²) < 4.78 is 38.4. The zero-order valence-corrected chi connectivity index (χ0v) is 14.2. The van der Waals surface area contributed by atoms with E-state index in [1.54, 1.807) is 18.2 Å². The van der Waals surface area contributed by atoms with Crippen molar-refractivity contribution in [1.82, 2.24) is 0 Å². The zero-order valence-electron chi connectivity index (χ0n) is 14.2. The van der Waals surface area contributed by atoms with Crippen LogP contribution >= 0.6 is 0 Å². The summed E-state index contributed by atoms with van der Waals surface area (Å²) in [5.74, 6) is -1.98. The van der Waals surface area contributed by atoms with Crippen LogP contribution < -0.4 is 20.1 Å². The summed E-state index contributed by atoms with van der Waals surface area (Å²) in [5.41, 5.74) is -1.46. The molecule has 6 nitrogen and oxygen atoms in total. The number of carbonyl (C=O) groups is 2. The third kappa shape index (κ3) is 3.18. The van der Waals surface area contributed by atoms with Gasteiger partial charge in [-0.2, -0.15) is 0 Å². The first-order valence-corrected chi connectivity index (χ1v) is 8.46. The quantitative estimate of drug-likeness (QED) is 0.807. The molecule has 27 heavy (non-hydrogen) atoms. The normalized spacial score (nSPS) is 16.4. The number of hydrogen-bond donors (Lipinski definition) is 2. The maximum Gasteiger partial charge on any atom is 0.240 e. The van der Waals surface area contributed by atoms with E-state index in [0.29, 0.717) is 43.2 Å². The number of anilines is 2. The van der Waals surface area contributed by atoms with Gasteiger partial charge in [0.2, 0.25) is 11.8 Å². The van der Waals surface area contributed by atoms with Crippen LogP contribution in [0.4, 0.5) is 20.2 Å². The van der Waals surface area contributed by atoms with Gasteiger partial charge in [0, 0.05) is 11.8 Å². The van der Waals surface area contributed by atoms with Crippen molar-refractivity contribution in [2.24, 2.45) is 5.41 Å². The number of para-hydroxylation sites is 1. The number of carbonyl (C=O) groups excluding carboxylic acids is 2. The lowest BCUT2D eigenvalue weighted by molar-refractivity contribution is -0.131. The maximum absolute atomic E-state index is 13.7. The molecule has 0 saturated heterocycles. The van der Waals surface area contributed by atoms with E-state index in [0.717, 1.165) is 12.1 Å². The molecule has 1 heterocycles. The van der Waals surface area contributed by atoms with Gasteiger partial charge in [-0.1, -0.05) is 6.07 Å². The van der Waals surface area contributed by atoms with Gasteiger partial charge in [0.1, 0.15) is 36.0 Å². The molecule has 1 fully saturated rings. The average Bonchev–Trinajstić information content (AvgIpc) is 3.47. The van der Waals surface area contributed by atoms with E-state index in [4.69, 9.17) is 9.47 Å². The Bertz CT molecular complexity index is 908. The summed E-state index contributed by atoms with van der Waals surface area (Å²) in [4.78, 5) is 25.2. The van der Waals surface area contributed by atoms with Gasteiger partial charge in [-0.15, -0.1) is 0 Å². The van der Waals surface area contributed by atoms with E-state index >= 15 is 0 Å². The molecular weight excluding hydrogens is 358 g/mol. The predicted octanol–water partition coefficient (Wildman–Crippen LogP) is 3.09. The second-order valence-electron chi connectivity index (χ2n) is 6.45. The Labute approximate surface area is 153 Å². The molecule has 0 atom stereocenters. The van der Waals surface area contributed by atoms with Crippen LogP contribution in [0.15, 0.2) is 36.4 Å². The molecule has 2 aromatic rings. The average molecular weight is 374 g/mol. The van der Waals surface area contributed by atoms with Gasteiger partial charge in [-0.3, -0.25) is 9.59 Å². The fourth-order valence-corrected chi connectivity index (χ4v) is 2.90. The molecule has 1 aliphatic heterocycles. The van der Waals surface area contributed by atoms with Crippen LogP contribution in [-0.4, -0.2) is 25.0 Å². The maximum atomic E-state index is 13.7. The molecule has 0 aromatic heterocycles. The Morgan fingerprint density at radius 3 is 2.19 bits per heavy atom. The van der Waals surface area contributed by atoms with Crippen molar-refractivity contribution in [1.29, 1.82) is 0 Å². The lowest BCUT2D eigenvalue weighted by Gasteiger charge is -2.20. The standard InChI is InChI=1S/C19H16F2N2O4/c20-12-2-1-3-13(21)16(12)23-18(25)19(6-7-19)17(24)22-11-4-5-14-15(10-11)27-9-8-26-14/h1-5,10H,6-9H2,(H,22,24)(H,23,25). The topological polar surface area (TPSA) is 76.7 Å². The molecule has 2 aromatic carbocycles. The number of nitrogens with one attached hydrogen (secondary N) is 2. The Kier molecular flexibility index (Phi) is 4.18. The Morgan fingerprint density at radius 2 is 1.52 bits per heavy atom. The number of hydrogen-bond acceptors (Lipinski definition) is 4. The van der Waals surface area contributed by atoms with Crippen LogP contribution in [0.1, 0.15) is 12.8 Å². The molecule has 4 rings (SSSR count). The van der Waals surface area contributed by atoms with E-state index in [9.17, 15) is 18.4 Å². The third-order valence-electron chi connectivity index (χ3n) is 4.62. The first-order valence-electron chi connectivity index (χ1n) is 8.46. The van der Waals surface area contributed by atoms with Crippen molar-refractivity contribution >= 4 is 23.2 Å². The van der Waals surface area contributed by atoms with E-state index in [1.165, 1.54) is 6.07 Å². The summed E-state index contributed by atoms with van der Waals surface area (Å²) in [7, 11) is 0. The van der Waals surface area contributed by atoms with Crippen LogP contribution in [0.3, 0.4) is 0 Å². The molecule has 0 unspecified atom stereocenters. The minimum atomic E-state index is -1.35. The zero-order chi connectivity index (χ0) is 19.0. The number of amides is 2. The highest BCUT2D eigenvalue weighted by molar-refractivity contribution is 6.17. The van der Waals surface area contributed by atoms with Gasteiger partial charge in [-0.25, -0.2) is 8.78 Å². The van der Waals surface area contributed by atoms with Crippen LogP contribution in [0.2, 0.25) is 0 Å². The van der Waals surface area contributed by atoms with Gasteiger partial charge in [0.25, 0.3) is 0 Å². The highest BCUT2D eigenvalue weighted by Crippen LogP contribution is 2.48. The fraction of sp³-hybridized carbons (Fsp3) is 0.263. The smallest absolute Gasteiger partial charge is 0.240 e. The minimum absolute atomic E-state index is 0.297. The van der Waals surface area contributed by atoms with Crippen molar-refractivity contribution < 1.29 is 27.8 Å². The molecule has 2 amide bonds. The second-order valence-corrected chi connectivity index (χ2v) is 6.45. The number of rotatable bonds is 4. The predicted molar refractivity (Wildman–Crippen MR) is 92.7 cm³/mol.